The van der Waals surface area contributed by atoms with Gasteiger partial charge in [-0.15, -0.1) is 0 Å². The average Bonchev–Trinajstić information content (AvgIpc) is 3.16. The van der Waals surface area contributed by atoms with Crippen molar-refractivity contribution in [2.75, 3.05) is 18.8 Å². The van der Waals surface area contributed by atoms with Crippen molar-refractivity contribution in [2.45, 2.75) is 32.1 Å². The van der Waals surface area contributed by atoms with Crippen LogP contribution in [0.15, 0.2) is 0 Å². The van der Waals surface area contributed by atoms with Crippen LogP contribution in [-0.2, 0) is 9.59 Å². The van der Waals surface area contributed by atoms with Gasteiger partial charge in [0.1, 0.15) is 0 Å². The Kier molecular flexibility index (Phi) is 3.97. The van der Waals surface area contributed by atoms with Gasteiger partial charge >= 0.3 is 0 Å². The number of carbonyl (C=O) groups is 2. The molecule has 17 heavy (non-hydrogen) atoms. The molecule has 2 amide bonds. The second-order valence-electron chi connectivity index (χ2n) is 5.25. The molecule has 0 saturated heterocycles. The largest absolute Gasteiger partial charge is 0.354 e. The van der Waals surface area contributed by atoms with Gasteiger partial charge in [-0.05, 0) is 36.9 Å². The SMILES string of the molecule is O=C(CC1(CS)CC1)NCCNC(=O)C1CC1. The van der Waals surface area contributed by atoms with Gasteiger partial charge in [-0.25, -0.2) is 0 Å². The Morgan fingerprint density at radius 3 is 2.35 bits per heavy atom. The second-order valence-corrected chi connectivity index (χ2v) is 5.57. The number of nitrogens with one attached hydrogen (secondary N) is 2. The van der Waals surface area contributed by atoms with E-state index >= 15 is 0 Å². The predicted octanol–water partition coefficient (Wildman–Crippen LogP) is 0.729. The van der Waals surface area contributed by atoms with Gasteiger partial charge in [0.2, 0.25) is 11.8 Å². The lowest BCUT2D eigenvalue weighted by molar-refractivity contribution is -0.124. The molecule has 0 aromatic carbocycles. The summed E-state index contributed by atoms with van der Waals surface area (Å²) in [6.45, 7) is 1.06. The minimum atomic E-state index is 0.0808. The first-order valence-electron chi connectivity index (χ1n) is 6.30. The summed E-state index contributed by atoms with van der Waals surface area (Å²) < 4.78 is 0. The smallest absolute Gasteiger partial charge is 0.223 e. The fourth-order valence-corrected chi connectivity index (χ4v) is 2.28. The number of amides is 2. The topological polar surface area (TPSA) is 58.2 Å². The molecule has 2 rings (SSSR count). The van der Waals surface area contributed by atoms with E-state index in [9.17, 15) is 9.59 Å². The Morgan fingerprint density at radius 1 is 1.18 bits per heavy atom. The highest BCUT2D eigenvalue weighted by Crippen LogP contribution is 2.49. The summed E-state index contributed by atoms with van der Waals surface area (Å²) in [6, 6.07) is 0. The van der Waals surface area contributed by atoms with Crippen molar-refractivity contribution >= 4 is 24.4 Å². The molecule has 2 aliphatic carbocycles. The quantitative estimate of drug-likeness (QED) is 0.464. The van der Waals surface area contributed by atoms with Crippen LogP contribution in [0.1, 0.15) is 32.1 Å². The van der Waals surface area contributed by atoms with Crippen LogP contribution in [0, 0.1) is 11.3 Å². The molecular formula is C12H20N2O2S. The molecule has 96 valence electrons. The van der Waals surface area contributed by atoms with Crippen LogP contribution in [0.3, 0.4) is 0 Å². The van der Waals surface area contributed by atoms with Gasteiger partial charge in [0, 0.05) is 25.4 Å². The number of thiol groups is 1. The Morgan fingerprint density at radius 2 is 1.82 bits per heavy atom. The zero-order chi connectivity index (χ0) is 12.3. The molecule has 2 fully saturated rings. The first-order valence-corrected chi connectivity index (χ1v) is 6.94. The van der Waals surface area contributed by atoms with Gasteiger partial charge in [0.15, 0.2) is 0 Å². The molecule has 0 spiro atoms. The van der Waals surface area contributed by atoms with Gasteiger partial charge in [-0.1, -0.05) is 0 Å². The van der Waals surface area contributed by atoms with Crippen molar-refractivity contribution < 1.29 is 9.59 Å². The summed E-state index contributed by atoms with van der Waals surface area (Å²) in [6.07, 6.45) is 4.84. The number of carbonyl (C=O) groups excluding carboxylic acids is 2. The summed E-state index contributed by atoms with van der Waals surface area (Å²) in [5, 5.41) is 5.66. The zero-order valence-corrected chi connectivity index (χ0v) is 10.9. The van der Waals surface area contributed by atoms with Crippen LogP contribution in [0.25, 0.3) is 0 Å². The molecule has 0 unspecified atom stereocenters. The molecule has 0 heterocycles. The molecule has 0 radical (unpaired) electrons. The molecule has 0 aromatic heterocycles. The number of hydrogen-bond acceptors (Lipinski definition) is 3. The van der Waals surface area contributed by atoms with Crippen molar-refractivity contribution in [3.8, 4) is 0 Å². The monoisotopic (exact) mass is 256 g/mol. The van der Waals surface area contributed by atoms with Gasteiger partial charge in [0.05, 0.1) is 0 Å². The Labute approximate surface area is 107 Å². The van der Waals surface area contributed by atoms with E-state index in [0.717, 1.165) is 31.4 Å². The zero-order valence-electron chi connectivity index (χ0n) is 10.00. The molecule has 0 atom stereocenters. The summed E-state index contributed by atoms with van der Waals surface area (Å²) in [7, 11) is 0. The minimum absolute atomic E-state index is 0.0808. The first kappa shape index (κ1) is 12.7. The van der Waals surface area contributed by atoms with Crippen LogP contribution in [0.4, 0.5) is 0 Å². The minimum Gasteiger partial charge on any atom is -0.354 e. The molecule has 5 heteroatoms. The van der Waals surface area contributed by atoms with E-state index in [0.29, 0.717) is 19.5 Å². The van der Waals surface area contributed by atoms with Gasteiger partial charge < -0.3 is 10.6 Å². The van der Waals surface area contributed by atoms with E-state index in [1.54, 1.807) is 0 Å². The fourth-order valence-electron chi connectivity index (χ4n) is 1.85. The lowest BCUT2D eigenvalue weighted by atomic mass is 10.1. The van der Waals surface area contributed by atoms with Crippen LogP contribution in [0.5, 0.6) is 0 Å². The third kappa shape index (κ3) is 3.91. The van der Waals surface area contributed by atoms with Crippen molar-refractivity contribution in [1.82, 2.24) is 10.6 Å². The summed E-state index contributed by atoms with van der Waals surface area (Å²) in [5.74, 6) is 1.24. The lowest BCUT2D eigenvalue weighted by Crippen LogP contribution is -2.36. The Balaban J connectivity index is 1.52. The van der Waals surface area contributed by atoms with Gasteiger partial charge in [-0.3, -0.25) is 9.59 Å². The van der Waals surface area contributed by atoms with Crippen molar-refractivity contribution in [3.63, 3.8) is 0 Å². The van der Waals surface area contributed by atoms with Crippen molar-refractivity contribution in [3.05, 3.63) is 0 Å². The fraction of sp³-hybridized carbons (Fsp3) is 0.833. The molecular weight excluding hydrogens is 236 g/mol. The number of rotatable bonds is 7. The van der Waals surface area contributed by atoms with Crippen molar-refractivity contribution in [1.29, 1.82) is 0 Å². The standard InChI is InChI=1S/C12H20N2O2S/c15-10(7-12(8-17)3-4-12)13-5-6-14-11(16)9-1-2-9/h9,17H,1-8H2,(H,13,15)(H,14,16). The third-order valence-electron chi connectivity index (χ3n) is 3.52. The van der Waals surface area contributed by atoms with Gasteiger partial charge in [-0.2, -0.15) is 12.6 Å². The molecule has 0 aromatic rings. The van der Waals surface area contributed by atoms with Crippen molar-refractivity contribution in [2.24, 2.45) is 11.3 Å². The van der Waals surface area contributed by atoms with Crippen LogP contribution in [0.2, 0.25) is 0 Å². The third-order valence-corrected chi connectivity index (χ3v) is 4.19. The lowest BCUT2D eigenvalue weighted by Gasteiger charge is -2.11. The molecule has 4 nitrogen and oxygen atoms in total. The van der Waals surface area contributed by atoms with E-state index in [4.69, 9.17) is 0 Å². The second kappa shape index (κ2) is 5.29. The molecule has 2 saturated carbocycles. The highest BCUT2D eigenvalue weighted by Gasteiger charge is 2.42. The highest BCUT2D eigenvalue weighted by molar-refractivity contribution is 7.80. The normalized spacial score (nSPS) is 20.8. The van der Waals surface area contributed by atoms with Crippen LogP contribution >= 0.6 is 12.6 Å². The van der Waals surface area contributed by atoms with E-state index in [-0.39, 0.29) is 23.1 Å². The average molecular weight is 256 g/mol. The molecule has 2 N–H and O–H groups in total. The van der Waals surface area contributed by atoms with E-state index in [1.165, 1.54) is 0 Å². The molecule has 2 aliphatic rings. The maximum absolute atomic E-state index is 11.6. The summed E-state index contributed by atoms with van der Waals surface area (Å²) in [4.78, 5) is 22.9. The number of hydrogen-bond donors (Lipinski definition) is 3. The Hall–Kier alpha value is -0.710. The van der Waals surface area contributed by atoms with E-state index < -0.39 is 0 Å². The summed E-state index contributed by atoms with van der Waals surface area (Å²) >= 11 is 4.27. The van der Waals surface area contributed by atoms with E-state index in [2.05, 4.69) is 23.3 Å². The Bertz CT molecular complexity index is 312. The van der Waals surface area contributed by atoms with Crippen LogP contribution < -0.4 is 10.6 Å². The maximum Gasteiger partial charge on any atom is 0.223 e. The molecule has 0 bridgehead atoms. The summed E-state index contributed by atoms with van der Waals surface area (Å²) in [5.41, 5.74) is 0.171. The van der Waals surface area contributed by atoms with E-state index in [1.807, 2.05) is 0 Å². The predicted molar refractivity (Wildman–Crippen MR) is 68.9 cm³/mol. The molecule has 0 aliphatic heterocycles. The highest BCUT2D eigenvalue weighted by atomic mass is 32.1. The first-order chi connectivity index (χ1) is 8.15. The van der Waals surface area contributed by atoms with Gasteiger partial charge in [0.25, 0.3) is 0 Å². The maximum atomic E-state index is 11.6. The van der Waals surface area contributed by atoms with Crippen LogP contribution in [-0.4, -0.2) is 30.7 Å².